The third-order valence-electron chi connectivity index (χ3n) is 3.00. The van der Waals surface area contributed by atoms with Crippen molar-refractivity contribution in [1.82, 2.24) is 0 Å². The van der Waals surface area contributed by atoms with Crippen LogP contribution in [0.15, 0.2) is 24.3 Å². The molecule has 1 atom stereocenters. The molecule has 1 unspecified atom stereocenters. The highest BCUT2D eigenvalue weighted by Crippen LogP contribution is 2.26. The van der Waals surface area contributed by atoms with Crippen molar-refractivity contribution < 1.29 is 5.11 Å². The van der Waals surface area contributed by atoms with Gasteiger partial charge in [-0.2, -0.15) is 0 Å². The molecule has 0 saturated heterocycles. The Bertz CT molecular complexity index is 287. The maximum atomic E-state index is 9.46. The second-order valence-electron chi connectivity index (χ2n) is 4.27. The standard InChI is InChI=1S/C14H22O/c1-4-12(5-2)14-9-7-6-8-13(14)10-11(3)15/h6-9,11-12,15H,4-5,10H2,1-3H3. The summed E-state index contributed by atoms with van der Waals surface area (Å²) in [5.41, 5.74) is 2.73. The first-order valence-electron chi connectivity index (χ1n) is 5.94. The Kier molecular flexibility index (Phi) is 4.83. The second kappa shape index (κ2) is 5.92. The van der Waals surface area contributed by atoms with Crippen LogP contribution in [0.1, 0.15) is 50.7 Å². The first-order chi connectivity index (χ1) is 7.19. The van der Waals surface area contributed by atoms with Crippen LogP contribution in [-0.4, -0.2) is 11.2 Å². The SMILES string of the molecule is CCC(CC)c1ccccc1CC(C)O. The third kappa shape index (κ3) is 3.35. The topological polar surface area (TPSA) is 20.2 Å². The molecule has 1 aromatic rings. The van der Waals surface area contributed by atoms with Gasteiger partial charge in [-0.3, -0.25) is 0 Å². The van der Waals surface area contributed by atoms with E-state index in [0.717, 1.165) is 6.42 Å². The molecule has 1 heteroatoms. The summed E-state index contributed by atoms with van der Waals surface area (Å²) >= 11 is 0. The van der Waals surface area contributed by atoms with Crippen LogP contribution in [-0.2, 0) is 6.42 Å². The molecule has 1 N–H and O–H groups in total. The van der Waals surface area contributed by atoms with E-state index in [0.29, 0.717) is 5.92 Å². The minimum atomic E-state index is -0.250. The largest absolute Gasteiger partial charge is 0.393 e. The molecule has 0 saturated carbocycles. The van der Waals surface area contributed by atoms with Crippen LogP contribution in [0, 0.1) is 0 Å². The molecule has 1 aromatic carbocycles. The fourth-order valence-electron chi connectivity index (χ4n) is 2.17. The summed E-state index contributed by atoms with van der Waals surface area (Å²) in [6, 6.07) is 8.50. The smallest absolute Gasteiger partial charge is 0.0552 e. The van der Waals surface area contributed by atoms with Gasteiger partial charge in [-0.25, -0.2) is 0 Å². The maximum Gasteiger partial charge on any atom is 0.0552 e. The van der Waals surface area contributed by atoms with E-state index >= 15 is 0 Å². The molecule has 0 bridgehead atoms. The van der Waals surface area contributed by atoms with E-state index in [9.17, 15) is 5.11 Å². The minimum Gasteiger partial charge on any atom is -0.393 e. The van der Waals surface area contributed by atoms with Crippen molar-refractivity contribution in [3.8, 4) is 0 Å². The first kappa shape index (κ1) is 12.3. The normalized spacial score (nSPS) is 13.1. The Labute approximate surface area is 93.1 Å². The Balaban J connectivity index is 2.94. The highest BCUT2D eigenvalue weighted by Gasteiger charge is 2.12. The van der Waals surface area contributed by atoms with Crippen LogP contribution in [0.2, 0.25) is 0 Å². The van der Waals surface area contributed by atoms with Crippen LogP contribution >= 0.6 is 0 Å². The van der Waals surface area contributed by atoms with Crippen LogP contribution in [0.25, 0.3) is 0 Å². The highest BCUT2D eigenvalue weighted by molar-refractivity contribution is 5.30. The molecule has 84 valence electrons. The number of aliphatic hydroxyl groups excluding tert-OH is 1. The van der Waals surface area contributed by atoms with Crippen molar-refractivity contribution >= 4 is 0 Å². The molecule has 0 fully saturated rings. The van der Waals surface area contributed by atoms with Crippen molar-refractivity contribution in [3.63, 3.8) is 0 Å². The maximum absolute atomic E-state index is 9.46. The zero-order valence-electron chi connectivity index (χ0n) is 10.0. The van der Waals surface area contributed by atoms with E-state index in [1.165, 1.54) is 24.0 Å². The van der Waals surface area contributed by atoms with E-state index in [2.05, 4.69) is 38.1 Å². The number of hydrogen-bond donors (Lipinski definition) is 1. The lowest BCUT2D eigenvalue weighted by Gasteiger charge is -2.18. The van der Waals surface area contributed by atoms with E-state index in [4.69, 9.17) is 0 Å². The summed E-state index contributed by atoms with van der Waals surface area (Å²) in [6.45, 7) is 6.31. The fourth-order valence-corrected chi connectivity index (χ4v) is 2.17. The van der Waals surface area contributed by atoms with E-state index < -0.39 is 0 Å². The van der Waals surface area contributed by atoms with Gasteiger partial charge in [0.25, 0.3) is 0 Å². The molecule has 0 spiro atoms. The monoisotopic (exact) mass is 206 g/mol. The lowest BCUT2D eigenvalue weighted by Crippen LogP contribution is -2.08. The summed E-state index contributed by atoms with van der Waals surface area (Å²) in [5, 5.41) is 9.46. The molecule has 1 rings (SSSR count). The van der Waals surface area contributed by atoms with Gasteiger partial charge in [-0.05, 0) is 43.2 Å². The lowest BCUT2D eigenvalue weighted by molar-refractivity contribution is 0.195. The number of aliphatic hydroxyl groups is 1. The molecule has 0 aliphatic heterocycles. The van der Waals surface area contributed by atoms with Gasteiger partial charge in [-0.1, -0.05) is 38.1 Å². The Morgan fingerprint density at radius 2 is 1.73 bits per heavy atom. The molecule has 0 aliphatic rings. The average molecular weight is 206 g/mol. The van der Waals surface area contributed by atoms with Crippen molar-refractivity contribution in [2.24, 2.45) is 0 Å². The van der Waals surface area contributed by atoms with E-state index in [-0.39, 0.29) is 6.10 Å². The molecular formula is C14H22O. The number of benzene rings is 1. The van der Waals surface area contributed by atoms with Gasteiger partial charge in [0.15, 0.2) is 0 Å². The van der Waals surface area contributed by atoms with Crippen LogP contribution < -0.4 is 0 Å². The predicted octanol–water partition coefficient (Wildman–Crippen LogP) is 3.51. The van der Waals surface area contributed by atoms with E-state index in [1.54, 1.807) is 0 Å². The molecular weight excluding hydrogens is 184 g/mol. The van der Waals surface area contributed by atoms with Gasteiger partial charge in [0.05, 0.1) is 6.10 Å². The summed E-state index contributed by atoms with van der Waals surface area (Å²) in [6.07, 6.45) is 2.87. The Morgan fingerprint density at radius 1 is 1.13 bits per heavy atom. The number of rotatable bonds is 5. The van der Waals surface area contributed by atoms with Gasteiger partial charge < -0.3 is 5.11 Å². The van der Waals surface area contributed by atoms with Gasteiger partial charge >= 0.3 is 0 Å². The summed E-state index contributed by atoms with van der Waals surface area (Å²) in [7, 11) is 0. The second-order valence-corrected chi connectivity index (χ2v) is 4.27. The molecule has 0 amide bonds. The van der Waals surface area contributed by atoms with Gasteiger partial charge in [0.1, 0.15) is 0 Å². The average Bonchev–Trinajstić information content (AvgIpc) is 2.21. The number of hydrogen-bond acceptors (Lipinski definition) is 1. The molecule has 15 heavy (non-hydrogen) atoms. The van der Waals surface area contributed by atoms with Gasteiger partial charge in [-0.15, -0.1) is 0 Å². The van der Waals surface area contributed by atoms with E-state index in [1.807, 2.05) is 6.92 Å². The van der Waals surface area contributed by atoms with Crippen LogP contribution in [0.3, 0.4) is 0 Å². The summed E-state index contributed by atoms with van der Waals surface area (Å²) in [4.78, 5) is 0. The van der Waals surface area contributed by atoms with Crippen LogP contribution in [0.5, 0.6) is 0 Å². The zero-order valence-corrected chi connectivity index (χ0v) is 10.0. The predicted molar refractivity (Wildman–Crippen MR) is 65.1 cm³/mol. The van der Waals surface area contributed by atoms with Gasteiger partial charge in [0, 0.05) is 0 Å². The fraction of sp³-hybridized carbons (Fsp3) is 0.571. The molecule has 0 heterocycles. The summed E-state index contributed by atoms with van der Waals surface area (Å²) < 4.78 is 0. The van der Waals surface area contributed by atoms with Crippen LogP contribution in [0.4, 0.5) is 0 Å². The Hall–Kier alpha value is -0.820. The lowest BCUT2D eigenvalue weighted by atomic mass is 9.88. The molecule has 1 nitrogen and oxygen atoms in total. The molecule has 0 aromatic heterocycles. The zero-order chi connectivity index (χ0) is 11.3. The van der Waals surface area contributed by atoms with Gasteiger partial charge in [0.2, 0.25) is 0 Å². The van der Waals surface area contributed by atoms with Crippen molar-refractivity contribution in [3.05, 3.63) is 35.4 Å². The highest BCUT2D eigenvalue weighted by atomic mass is 16.3. The first-order valence-corrected chi connectivity index (χ1v) is 5.94. The molecule has 0 aliphatic carbocycles. The Morgan fingerprint density at radius 3 is 2.27 bits per heavy atom. The van der Waals surface area contributed by atoms with Crippen molar-refractivity contribution in [1.29, 1.82) is 0 Å². The van der Waals surface area contributed by atoms with Crippen molar-refractivity contribution in [2.45, 2.75) is 52.1 Å². The third-order valence-corrected chi connectivity index (χ3v) is 3.00. The quantitative estimate of drug-likeness (QED) is 0.781. The minimum absolute atomic E-state index is 0.250. The summed E-state index contributed by atoms with van der Waals surface area (Å²) in [5.74, 6) is 0.639. The molecule has 0 radical (unpaired) electrons. The van der Waals surface area contributed by atoms with Crippen molar-refractivity contribution in [2.75, 3.05) is 0 Å².